The first kappa shape index (κ1) is 28.6. The third kappa shape index (κ3) is 4.77. The van der Waals surface area contributed by atoms with Crippen LogP contribution >= 0.6 is 0 Å². The van der Waals surface area contributed by atoms with E-state index in [1.54, 1.807) is 19.1 Å². The summed E-state index contributed by atoms with van der Waals surface area (Å²) in [7, 11) is 4.30. The van der Waals surface area contributed by atoms with E-state index in [1.165, 1.54) is 50.3 Å². The number of amides is 2. The number of rotatable bonds is 10. The fourth-order valence-electron chi connectivity index (χ4n) is 5.10. The Morgan fingerprint density at radius 1 is 1.02 bits per heavy atom. The lowest BCUT2D eigenvalue weighted by Gasteiger charge is -2.31. The predicted octanol–water partition coefficient (Wildman–Crippen LogP) is 3.59. The Morgan fingerprint density at radius 2 is 1.65 bits per heavy atom. The lowest BCUT2D eigenvalue weighted by atomic mass is 9.95. The fraction of sp³-hybridized carbons (Fsp3) is 0.345. The Labute approximate surface area is 230 Å². The van der Waals surface area contributed by atoms with Crippen LogP contribution in [-0.2, 0) is 24.8 Å². The Hall–Kier alpha value is -4.38. The molecule has 212 valence electrons. The van der Waals surface area contributed by atoms with Gasteiger partial charge < -0.3 is 23.5 Å². The quantitative estimate of drug-likeness (QED) is 0.288. The number of ether oxygens (including phenoxy) is 4. The molecule has 0 aliphatic carbocycles. The molecule has 0 spiro atoms. The Bertz CT molecular complexity index is 1520. The molecule has 2 heterocycles. The van der Waals surface area contributed by atoms with Crippen LogP contribution in [0.2, 0.25) is 0 Å². The standard InChI is InChI=1S/C29H32FN3O7/c1-7-40-28(36)29(31,13-15(2)3)33-14-19(18-12-17(30)8-9-20(18)33)24-23(26(34)32-27(24)35)16-10-21(37-4)25(39-6)22(11-16)38-5/h8-12,14-15H,7,13,31H2,1-6H3,(H,32,34,35). The van der Waals surface area contributed by atoms with Crippen molar-refractivity contribution in [3.05, 3.63) is 53.5 Å². The molecule has 1 unspecified atom stereocenters. The lowest BCUT2D eigenvalue weighted by molar-refractivity contribution is -0.154. The first-order chi connectivity index (χ1) is 19.0. The molecule has 0 radical (unpaired) electrons. The second-order valence-corrected chi connectivity index (χ2v) is 9.76. The minimum Gasteiger partial charge on any atom is -0.493 e. The summed E-state index contributed by atoms with van der Waals surface area (Å²) in [5, 5.41) is 2.61. The zero-order valence-electron chi connectivity index (χ0n) is 23.2. The van der Waals surface area contributed by atoms with E-state index < -0.39 is 29.3 Å². The molecule has 3 N–H and O–H groups in total. The van der Waals surface area contributed by atoms with Crippen LogP contribution in [0.4, 0.5) is 4.39 Å². The second-order valence-electron chi connectivity index (χ2n) is 9.76. The summed E-state index contributed by atoms with van der Waals surface area (Å²) in [4.78, 5) is 39.7. The number of nitrogens with one attached hydrogen (secondary N) is 1. The van der Waals surface area contributed by atoms with Crippen molar-refractivity contribution < 1.29 is 37.7 Å². The van der Waals surface area contributed by atoms with Gasteiger partial charge in [-0.25, -0.2) is 9.18 Å². The van der Waals surface area contributed by atoms with E-state index in [4.69, 9.17) is 24.7 Å². The molecule has 1 aromatic heterocycles. The van der Waals surface area contributed by atoms with E-state index in [9.17, 15) is 18.8 Å². The maximum Gasteiger partial charge on any atom is 0.347 e. The zero-order valence-corrected chi connectivity index (χ0v) is 23.2. The van der Waals surface area contributed by atoms with Crippen molar-refractivity contribution in [3.63, 3.8) is 0 Å². The van der Waals surface area contributed by atoms with Crippen LogP contribution in [0, 0.1) is 11.7 Å². The summed E-state index contributed by atoms with van der Waals surface area (Å²) in [5.74, 6) is -1.81. The van der Waals surface area contributed by atoms with E-state index in [2.05, 4.69) is 5.32 Å². The number of halogens is 1. The topological polar surface area (TPSA) is 131 Å². The number of benzene rings is 2. The molecule has 0 saturated carbocycles. The summed E-state index contributed by atoms with van der Waals surface area (Å²) >= 11 is 0. The van der Waals surface area contributed by atoms with E-state index in [0.717, 1.165) is 0 Å². The summed E-state index contributed by atoms with van der Waals surface area (Å²) < 4.78 is 37.7. The molecular weight excluding hydrogens is 521 g/mol. The fourth-order valence-corrected chi connectivity index (χ4v) is 5.10. The van der Waals surface area contributed by atoms with Crippen LogP contribution in [0.25, 0.3) is 22.0 Å². The number of carbonyl (C=O) groups excluding carboxylic acids is 3. The van der Waals surface area contributed by atoms with Crippen LogP contribution < -0.4 is 25.3 Å². The summed E-state index contributed by atoms with van der Waals surface area (Å²) in [6, 6.07) is 7.03. The molecule has 0 saturated heterocycles. The highest BCUT2D eigenvalue weighted by molar-refractivity contribution is 6.50. The van der Waals surface area contributed by atoms with Gasteiger partial charge in [-0.05, 0) is 55.2 Å². The van der Waals surface area contributed by atoms with Gasteiger partial charge in [-0.15, -0.1) is 0 Å². The summed E-state index contributed by atoms with van der Waals surface area (Å²) in [5.41, 5.74) is 5.96. The highest BCUT2D eigenvalue weighted by atomic mass is 19.1. The highest BCUT2D eigenvalue weighted by Crippen LogP contribution is 2.44. The number of hydrogen-bond acceptors (Lipinski definition) is 8. The van der Waals surface area contributed by atoms with Crippen molar-refractivity contribution in [1.29, 1.82) is 0 Å². The Morgan fingerprint density at radius 3 is 2.20 bits per heavy atom. The van der Waals surface area contributed by atoms with E-state index in [1.807, 2.05) is 13.8 Å². The first-order valence-electron chi connectivity index (χ1n) is 12.7. The first-order valence-corrected chi connectivity index (χ1v) is 12.7. The van der Waals surface area contributed by atoms with E-state index in [0.29, 0.717) is 16.8 Å². The van der Waals surface area contributed by atoms with E-state index >= 15 is 0 Å². The molecule has 2 aromatic carbocycles. The van der Waals surface area contributed by atoms with Crippen molar-refractivity contribution in [2.24, 2.45) is 11.7 Å². The van der Waals surface area contributed by atoms with Gasteiger partial charge in [0.2, 0.25) is 5.75 Å². The van der Waals surface area contributed by atoms with Crippen LogP contribution in [0.5, 0.6) is 17.2 Å². The van der Waals surface area contributed by atoms with Gasteiger partial charge >= 0.3 is 5.97 Å². The third-order valence-corrected chi connectivity index (χ3v) is 6.70. The molecular formula is C29H32FN3O7. The number of nitrogens with two attached hydrogens (primary N) is 1. The number of hydrogen-bond donors (Lipinski definition) is 2. The second kappa shape index (κ2) is 11.0. The number of nitrogens with zero attached hydrogens (tertiary/aromatic N) is 1. The average molecular weight is 554 g/mol. The molecule has 3 aromatic rings. The van der Waals surface area contributed by atoms with Crippen molar-refractivity contribution >= 4 is 39.8 Å². The van der Waals surface area contributed by atoms with Gasteiger partial charge in [-0.2, -0.15) is 0 Å². The molecule has 1 aliphatic heterocycles. The van der Waals surface area contributed by atoms with Gasteiger partial charge in [-0.1, -0.05) is 13.8 Å². The van der Waals surface area contributed by atoms with Gasteiger partial charge in [0.05, 0.1) is 44.6 Å². The molecule has 4 rings (SSSR count). The average Bonchev–Trinajstić information content (AvgIpc) is 3.42. The normalized spacial score (nSPS) is 14.9. The van der Waals surface area contributed by atoms with Gasteiger partial charge in [0, 0.05) is 17.1 Å². The van der Waals surface area contributed by atoms with Crippen LogP contribution in [0.3, 0.4) is 0 Å². The molecule has 0 bridgehead atoms. The molecule has 40 heavy (non-hydrogen) atoms. The van der Waals surface area contributed by atoms with Crippen molar-refractivity contribution in [2.75, 3.05) is 27.9 Å². The van der Waals surface area contributed by atoms with Crippen LogP contribution in [-0.4, -0.2) is 50.3 Å². The maximum atomic E-state index is 14.6. The Kier molecular flexibility index (Phi) is 7.88. The minimum absolute atomic E-state index is 0.00943. The van der Waals surface area contributed by atoms with Gasteiger partial charge in [0.15, 0.2) is 17.2 Å². The number of aromatic nitrogens is 1. The SMILES string of the molecule is CCOC(=O)C(N)(CC(C)C)n1cc(C2=C(c3cc(OC)c(OC)c(OC)c3)C(=O)NC2=O)c2cc(F)ccc21. The summed E-state index contributed by atoms with van der Waals surface area (Å²) in [6.45, 7) is 5.58. The van der Waals surface area contributed by atoms with Crippen molar-refractivity contribution in [1.82, 2.24) is 9.88 Å². The highest BCUT2D eigenvalue weighted by Gasteiger charge is 2.41. The van der Waals surface area contributed by atoms with Gasteiger partial charge in [0.25, 0.3) is 11.8 Å². The number of imide groups is 1. The number of methoxy groups -OCH3 is 3. The van der Waals surface area contributed by atoms with Gasteiger partial charge in [-0.3, -0.25) is 20.6 Å². The minimum atomic E-state index is -1.68. The largest absolute Gasteiger partial charge is 0.493 e. The number of fused-ring (bicyclic) bond motifs is 1. The van der Waals surface area contributed by atoms with E-state index in [-0.39, 0.29) is 52.5 Å². The molecule has 1 atom stereocenters. The smallest absolute Gasteiger partial charge is 0.347 e. The maximum absolute atomic E-state index is 14.6. The Balaban J connectivity index is 2.08. The number of esters is 1. The van der Waals surface area contributed by atoms with Crippen LogP contribution in [0.1, 0.15) is 38.3 Å². The third-order valence-electron chi connectivity index (χ3n) is 6.70. The number of carbonyl (C=O) groups is 3. The monoisotopic (exact) mass is 553 g/mol. The van der Waals surface area contributed by atoms with Crippen LogP contribution in [0.15, 0.2) is 36.5 Å². The van der Waals surface area contributed by atoms with Gasteiger partial charge in [0.1, 0.15) is 5.82 Å². The summed E-state index contributed by atoms with van der Waals surface area (Å²) in [6.07, 6.45) is 1.69. The molecule has 1 aliphatic rings. The van der Waals surface area contributed by atoms with Crippen molar-refractivity contribution in [2.45, 2.75) is 32.9 Å². The lowest BCUT2D eigenvalue weighted by Crippen LogP contribution is -2.52. The van der Waals surface area contributed by atoms with Crippen molar-refractivity contribution in [3.8, 4) is 17.2 Å². The predicted molar refractivity (Wildman–Crippen MR) is 146 cm³/mol. The molecule has 11 heteroatoms. The molecule has 10 nitrogen and oxygen atoms in total. The molecule has 0 fully saturated rings. The zero-order chi connectivity index (χ0) is 29.4. The molecule has 2 amide bonds.